The number of hydrogen-bond acceptors (Lipinski definition) is 3. The molecule has 1 aliphatic rings. The van der Waals surface area contributed by atoms with Crippen LogP contribution in [0.5, 0.6) is 0 Å². The third kappa shape index (κ3) is 3.70. The fourth-order valence-corrected chi connectivity index (χ4v) is 4.24. The quantitative estimate of drug-likeness (QED) is 0.792. The lowest BCUT2D eigenvalue weighted by Gasteiger charge is -2.27. The van der Waals surface area contributed by atoms with Gasteiger partial charge in [0.05, 0.1) is 11.5 Å². The van der Waals surface area contributed by atoms with Crippen LogP contribution in [0.3, 0.4) is 0 Å². The van der Waals surface area contributed by atoms with Gasteiger partial charge in [-0.25, -0.2) is 12.8 Å². The number of carbonyl (C=O) groups is 1. The van der Waals surface area contributed by atoms with Crippen molar-refractivity contribution in [3.8, 4) is 0 Å². The van der Waals surface area contributed by atoms with Gasteiger partial charge in [-0.15, -0.1) is 11.6 Å². The first-order chi connectivity index (χ1) is 9.41. The Balaban J connectivity index is 2.18. The predicted molar refractivity (Wildman–Crippen MR) is 74.7 cm³/mol. The zero-order valence-electron chi connectivity index (χ0n) is 10.8. The van der Waals surface area contributed by atoms with E-state index in [9.17, 15) is 17.6 Å². The van der Waals surface area contributed by atoms with Crippen LogP contribution in [0.25, 0.3) is 0 Å². The van der Waals surface area contributed by atoms with E-state index in [-0.39, 0.29) is 41.7 Å². The van der Waals surface area contributed by atoms with Crippen LogP contribution >= 0.6 is 11.6 Å². The number of alkyl halides is 1. The molecule has 0 N–H and O–H groups in total. The summed E-state index contributed by atoms with van der Waals surface area (Å²) in [6.45, 7) is 0.170. The zero-order valence-corrected chi connectivity index (χ0v) is 12.3. The lowest BCUT2D eigenvalue weighted by molar-refractivity contribution is -0.131. The minimum Gasteiger partial charge on any atom is -0.333 e. The minimum atomic E-state index is -3.09. The molecule has 1 amide bonds. The van der Waals surface area contributed by atoms with Gasteiger partial charge in [-0.2, -0.15) is 0 Å². The summed E-state index contributed by atoms with van der Waals surface area (Å²) in [5.41, 5.74) is 0.618. The van der Waals surface area contributed by atoms with Crippen LogP contribution in [0.2, 0.25) is 0 Å². The molecular formula is C13H15ClFNO3S. The standard InChI is InChI=1S/C13H15ClFNO3S/c14-7-13(17)16(12-4-5-20(18,19)9-12)8-10-2-1-3-11(15)6-10/h1-3,6,12H,4-5,7-9H2. The molecule has 110 valence electrons. The number of benzene rings is 1. The number of nitrogens with zero attached hydrogens (tertiary/aromatic N) is 1. The second-order valence-corrected chi connectivity index (χ2v) is 7.34. The Kier molecular flexibility index (Phi) is 4.65. The predicted octanol–water partition coefficient (Wildman–Crippen LogP) is 1.58. The van der Waals surface area contributed by atoms with E-state index < -0.39 is 9.84 Å². The van der Waals surface area contributed by atoms with Crippen LogP contribution in [0.4, 0.5) is 4.39 Å². The molecule has 0 aliphatic carbocycles. The summed E-state index contributed by atoms with van der Waals surface area (Å²) in [7, 11) is -3.09. The lowest BCUT2D eigenvalue weighted by Crippen LogP contribution is -2.41. The average molecular weight is 320 g/mol. The Morgan fingerprint density at radius 1 is 1.45 bits per heavy atom. The second-order valence-electron chi connectivity index (χ2n) is 4.84. The van der Waals surface area contributed by atoms with E-state index in [1.54, 1.807) is 12.1 Å². The van der Waals surface area contributed by atoms with E-state index in [1.165, 1.54) is 17.0 Å². The van der Waals surface area contributed by atoms with Crippen LogP contribution in [-0.4, -0.2) is 42.7 Å². The van der Waals surface area contributed by atoms with Crippen molar-refractivity contribution in [3.05, 3.63) is 35.6 Å². The highest BCUT2D eigenvalue weighted by atomic mass is 35.5. The molecule has 1 aromatic carbocycles. The van der Waals surface area contributed by atoms with Gasteiger partial charge in [-0.3, -0.25) is 4.79 Å². The van der Waals surface area contributed by atoms with E-state index in [1.807, 2.05) is 0 Å². The second kappa shape index (κ2) is 6.10. The summed E-state index contributed by atoms with van der Waals surface area (Å²) in [5.74, 6) is -0.915. The first-order valence-corrected chi connectivity index (χ1v) is 8.57. The van der Waals surface area contributed by atoms with Gasteiger partial charge in [0.25, 0.3) is 0 Å². The number of halogens is 2. The molecule has 0 aromatic heterocycles. The van der Waals surface area contributed by atoms with Crippen molar-refractivity contribution in [2.45, 2.75) is 19.0 Å². The van der Waals surface area contributed by atoms with E-state index >= 15 is 0 Å². The summed E-state index contributed by atoms with van der Waals surface area (Å²) in [5, 5.41) is 0. The van der Waals surface area contributed by atoms with Gasteiger partial charge in [-0.05, 0) is 24.1 Å². The summed E-state index contributed by atoms with van der Waals surface area (Å²) in [6.07, 6.45) is 0.403. The molecule has 1 aromatic rings. The highest BCUT2D eigenvalue weighted by Crippen LogP contribution is 2.20. The van der Waals surface area contributed by atoms with Crippen molar-refractivity contribution < 1.29 is 17.6 Å². The maximum Gasteiger partial charge on any atom is 0.238 e. The topological polar surface area (TPSA) is 54.5 Å². The van der Waals surface area contributed by atoms with Crippen molar-refractivity contribution in [1.82, 2.24) is 4.90 Å². The fourth-order valence-electron chi connectivity index (χ4n) is 2.35. The van der Waals surface area contributed by atoms with E-state index in [0.29, 0.717) is 12.0 Å². The van der Waals surface area contributed by atoms with E-state index in [4.69, 9.17) is 11.6 Å². The van der Waals surface area contributed by atoms with Crippen molar-refractivity contribution in [1.29, 1.82) is 0 Å². The third-order valence-corrected chi connectivity index (χ3v) is 5.30. The molecule has 1 fully saturated rings. The Morgan fingerprint density at radius 3 is 2.75 bits per heavy atom. The van der Waals surface area contributed by atoms with Gasteiger partial charge in [0, 0.05) is 12.6 Å². The van der Waals surface area contributed by atoms with Crippen LogP contribution in [0.15, 0.2) is 24.3 Å². The molecule has 4 nitrogen and oxygen atoms in total. The highest BCUT2D eigenvalue weighted by Gasteiger charge is 2.34. The normalized spacial score (nSPS) is 20.8. The summed E-state index contributed by atoms with van der Waals surface area (Å²) in [4.78, 5) is 13.3. The number of carbonyl (C=O) groups excluding carboxylic acids is 1. The molecule has 1 unspecified atom stereocenters. The SMILES string of the molecule is O=C(CCl)N(Cc1cccc(F)c1)C1CCS(=O)(=O)C1. The van der Waals surface area contributed by atoms with Crippen molar-refractivity contribution in [2.75, 3.05) is 17.4 Å². The largest absolute Gasteiger partial charge is 0.333 e. The highest BCUT2D eigenvalue weighted by molar-refractivity contribution is 7.91. The monoisotopic (exact) mass is 319 g/mol. The molecule has 1 atom stereocenters. The van der Waals surface area contributed by atoms with Crippen molar-refractivity contribution in [2.24, 2.45) is 0 Å². The number of hydrogen-bond donors (Lipinski definition) is 0. The summed E-state index contributed by atoms with van der Waals surface area (Å²) >= 11 is 5.58. The molecule has 0 spiro atoms. The molecule has 20 heavy (non-hydrogen) atoms. The summed E-state index contributed by atoms with van der Waals surface area (Å²) in [6, 6.07) is 5.52. The Bertz CT molecular complexity index is 605. The van der Waals surface area contributed by atoms with E-state index in [0.717, 1.165) is 0 Å². The first-order valence-electron chi connectivity index (χ1n) is 6.21. The molecule has 0 radical (unpaired) electrons. The number of rotatable bonds is 4. The fraction of sp³-hybridized carbons (Fsp3) is 0.462. The van der Waals surface area contributed by atoms with Crippen LogP contribution in [0, 0.1) is 5.82 Å². The van der Waals surface area contributed by atoms with Gasteiger partial charge < -0.3 is 4.90 Å². The average Bonchev–Trinajstić information content (AvgIpc) is 2.75. The Labute approximate surface area is 122 Å². The molecule has 0 saturated carbocycles. The molecule has 7 heteroatoms. The van der Waals surface area contributed by atoms with Crippen LogP contribution in [0.1, 0.15) is 12.0 Å². The van der Waals surface area contributed by atoms with Gasteiger partial charge in [0.15, 0.2) is 9.84 Å². The lowest BCUT2D eigenvalue weighted by atomic mass is 10.1. The van der Waals surface area contributed by atoms with Gasteiger partial charge in [-0.1, -0.05) is 12.1 Å². The smallest absolute Gasteiger partial charge is 0.238 e. The maximum absolute atomic E-state index is 13.2. The zero-order chi connectivity index (χ0) is 14.8. The number of amides is 1. The Morgan fingerprint density at radius 2 is 2.20 bits per heavy atom. The minimum absolute atomic E-state index is 0.0507. The van der Waals surface area contributed by atoms with Crippen molar-refractivity contribution in [3.63, 3.8) is 0 Å². The molecule has 0 bridgehead atoms. The molecule has 1 aliphatic heterocycles. The summed E-state index contributed by atoms with van der Waals surface area (Å²) < 4.78 is 36.2. The van der Waals surface area contributed by atoms with Gasteiger partial charge in [0.2, 0.25) is 5.91 Å². The molecule has 2 rings (SSSR count). The maximum atomic E-state index is 13.2. The number of sulfone groups is 1. The van der Waals surface area contributed by atoms with Crippen LogP contribution in [-0.2, 0) is 21.2 Å². The van der Waals surface area contributed by atoms with Gasteiger partial charge >= 0.3 is 0 Å². The molecular weight excluding hydrogens is 305 g/mol. The Hall–Kier alpha value is -1.14. The first kappa shape index (κ1) is 15.3. The van der Waals surface area contributed by atoms with Crippen LogP contribution < -0.4 is 0 Å². The van der Waals surface area contributed by atoms with Gasteiger partial charge in [0.1, 0.15) is 11.7 Å². The molecule has 1 heterocycles. The van der Waals surface area contributed by atoms with Crippen molar-refractivity contribution >= 4 is 27.3 Å². The third-order valence-electron chi connectivity index (χ3n) is 3.33. The van der Waals surface area contributed by atoms with E-state index in [2.05, 4.69) is 0 Å². The molecule has 1 saturated heterocycles.